The summed E-state index contributed by atoms with van der Waals surface area (Å²) < 4.78 is 18.8. The minimum atomic E-state index is -0.944. The molecule has 2 N–H and O–H groups in total. The molecule has 6 nitrogen and oxygen atoms in total. The van der Waals surface area contributed by atoms with E-state index in [9.17, 15) is 18.8 Å². The van der Waals surface area contributed by atoms with Crippen molar-refractivity contribution < 1.29 is 23.5 Å². The Hall–Kier alpha value is -2.44. The monoisotopic (exact) mass is 402 g/mol. The van der Waals surface area contributed by atoms with Crippen molar-refractivity contribution in [3.63, 3.8) is 0 Å². The van der Waals surface area contributed by atoms with Gasteiger partial charge in [0.15, 0.2) is 6.10 Å². The van der Waals surface area contributed by atoms with Gasteiger partial charge in [-0.2, -0.15) is 0 Å². The summed E-state index contributed by atoms with van der Waals surface area (Å²) >= 11 is 0. The molecule has 0 spiro atoms. The molecule has 1 atom stereocenters. The van der Waals surface area contributed by atoms with Gasteiger partial charge < -0.3 is 15.4 Å². The van der Waals surface area contributed by atoms with E-state index in [1.54, 1.807) is 0 Å². The summed E-state index contributed by atoms with van der Waals surface area (Å²) in [4.78, 5) is 36.6. The summed E-state index contributed by atoms with van der Waals surface area (Å²) in [5.41, 5.74) is -0.293. The predicted molar refractivity (Wildman–Crippen MR) is 103 cm³/mol. The Bertz CT molecular complexity index is 790. The SMILES string of the molecule is C[C@@H](OC(=O)CNC(=O)c1ccccc1F)C(=O)NC12CC3CC(CC(C3)C1)C2. The lowest BCUT2D eigenvalue weighted by molar-refractivity contribution is -0.155. The Morgan fingerprint density at radius 1 is 1.10 bits per heavy atom. The fourth-order valence-corrected chi connectivity index (χ4v) is 5.81. The van der Waals surface area contributed by atoms with Crippen LogP contribution in [-0.2, 0) is 14.3 Å². The van der Waals surface area contributed by atoms with E-state index in [1.165, 1.54) is 50.5 Å². The van der Waals surface area contributed by atoms with E-state index < -0.39 is 30.3 Å². The first-order valence-corrected chi connectivity index (χ1v) is 10.4. The number of hydrogen-bond acceptors (Lipinski definition) is 4. The van der Waals surface area contributed by atoms with Crippen LogP contribution >= 0.6 is 0 Å². The second kappa shape index (κ2) is 7.76. The molecule has 0 aromatic heterocycles. The van der Waals surface area contributed by atoms with Gasteiger partial charge in [-0.15, -0.1) is 0 Å². The zero-order chi connectivity index (χ0) is 20.6. The Morgan fingerprint density at radius 3 is 2.28 bits per heavy atom. The fourth-order valence-electron chi connectivity index (χ4n) is 5.81. The molecule has 0 aliphatic heterocycles. The van der Waals surface area contributed by atoms with Gasteiger partial charge in [-0.25, -0.2) is 4.39 Å². The average Bonchev–Trinajstić information content (AvgIpc) is 2.65. The number of rotatable bonds is 6. The predicted octanol–water partition coefficient (Wildman–Crippen LogP) is 2.57. The van der Waals surface area contributed by atoms with Crippen molar-refractivity contribution in [3.05, 3.63) is 35.6 Å². The Balaban J connectivity index is 1.26. The van der Waals surface area contributed by atoms with Gasteiger partial charge in [-0.1, -0.05) is 12.1 Å². The highest BCUT2D eigenvalue weighted by atomic mass is 19.1. The molecule has 4 fully saturated rings. The van der Waals surface area contributed by atoms with Gasteiger partial charge in [0.1, 0.15) is 12.4 Å². The van der Waals surface area contributed by atoms with E-state index >= 15 is 0 Å². The third kappa shape index (κ3) is 4.28. The molecule has 156 valence electrons. The molecule has 4 aliphatic rings. The molecule has 0 radical (unpaired) electrons. The van der Waals surface area contributed by atoms with Crippen molar-refractivity contribution in [2.75, 3.05) is 6.54 Å². The number of carbonyl (C=O) groups is 3. The minimum Gasteiger partial charge on any atom is -0.451 e. The van der Waals surface area contributed by atoms with Gasteiger partial charge in [-0.3, -0.25) is 14.4 Å². The smallest absolute Gasteiger partial charge is 0.326 e. The van der Waals surface area contributed by atoms with Crippen LogP contribution in [0.5, 0.6) is 0 Å². The van der Waals surface area contributed by atoms with Crippen LogP contribution in [-0.4, -0.2) is 36.0 Å². The Morgan fingerprint density at radius 2 is 1.69 bits per heavy atom. The van der Waals surface area contributed by atoms with Crippen molar-refractivity contribution in [1.29, 1.82) is 0 Å². The maximum Gasteiger partial charge on any atom is 0.326 e. The lowest BCUT2D eigenvalue weighted by Gasteiger charge is -2.57. The number of benzene rings is 1. The van der Waals surface area contributed by atoms with E-state index in [4.69, 9.17) is 4.74 Å². The summed E-state index contributed by atoms with van der Waals surface area (Å²) in [7, 11) is 0. The Labute approximate surface area is 169 Å². The summed E-state index contributed by atoms with van der Waals surface area (Å²) in [6.45, 7) is 1.11. The number of amides is 2. The molecule has 7 heteroatoms. The first-order chi connectivity index (χ1) is 13.8. The number of ether oxygens (including phenoxy) is 1. The maximum absolute atomic E-state index is 13.6. The zero-order valence-corrected chi connectivity index (χ0v) is 16.6. The van der Waals surface area contributed by atoms with Crippen molar-refractivity contribution in [2.45, 2.75) is 57.1 Å². The molecular weight excluding hydrogens is 375 g/mol. The topological polar surface area (TPSA) is 84.5 Å². The zero-order valence-electron chi connectivity index (χ0n) is 16.6. The third-order valence-electron chi connectivity index (χ3n) is 6.62. The molecule has 0 unspecified atom stereocenters. The van der Waals surface area contributed by atoms with Crippen molar-refractivity contribution >= 4 is 17.8 Å². The highest BCUT2D eigenvalue weighted by molar-refractivity contribution is 5.96. The van der Waals surface area contributed by atoms with E-state index in [0.717, 1.165) is 19.3 Å². The van der Waals surface area contributed by atoms with E-state index in [-0.39, 0.29) is 17.0 Å². The first kappa shape index (κ1) is 19.9. The fraction of sp³-hybridized carbons (Fsp3) is 0.591. The average molecular weight is 402 g/mol. The highest BCUT2D eigenvalue weighted by Crippen LogP contribution is 2.55. The van der Waals surface area contributed by atoms with Crippen LogP contribution in [0.15, 0.2) is 24.3 Å². The van der Waals surface area contributed by atoms with E-state index in [1.807, 2.05) is 0 Å². The molecule has 4 saturated carbocycles. The molecule has 1 aromatic carbocycles. The molecule has 4 aliphatic carbocycles. The van der Waals surface area contributed by atoms with Crippen LogP contribution in [0, 0.1) is 23.6 Å². The van der Waals surface area contributed by atoms with Gasteiger partial charge in [0.2, 0.25) is 0 Å². The van der Waals surface area contributed by atoms with Crippen molar-refractivity contribution in [2.24, 2.45) is 17.8 Å². The van der Waals surface area contributed by atoms with Gasteiger partial charge in [-0.05, 0) is 75.3 Å². The summed E-state index contributed by atoms with van der Waals surface area (Å²) in [6, 6.07) is 5.51. The van der Waals surface area contributed by atoms with Crippen molar-refractivity contribution in [3.8, 4) is 0 Å². The number of nitrogens with one attached hydrogen (secondary N) is 2. The van der Waals surface area contributed by atoms with Gasteiger partial charge >= 0.3 is 5.97 Å². The molecule has 0 saturated heterocycles. The lowest BCUT2D eigenvalue weighted by Crippen LogP contribution is -2.61. The summed E-state index contributed by atoms with van der Waals surface area (Å²) in [5.74, 6) is -0.287. The quantitative estimate of drug-likeness (QED) is 0.717. The van der Waals surface area contributed by atoms with E-state index in [2.05, 4.69) is 10.6 Å². The van der Waals surface area contributed by atoms with Crippen LogP contribution in [0.1, 0.15) is 55.8 Å². The lowest BCUT2D eigenvalue weighted by atomic mass is 9.53. The second-order valence-corrected chi connectivity index (χ2v) is 8.98. The van der Waals surface area contributed by atoms with Crippen LogP contribution in [0.25, 0.3) is 0 Å². The van der Waals surface area contributed by atoms with Gasteiger partial charge in [0, 0.05) is 5.54 Å². The van der Waals surface area contributed by atoms with E-state index in [0.29, 0.717) is 17.8 Å². The van der Waals surface area contributed by atoms with Crippen molar-refractivity contribution in [1.82, 2.24) is 10.6 Å². The molecule has 1 aromatic rings. The molecule has 4 bridgehead atoms. The summed E-state index contributed by atoms with van der Waals surface area (Å²) in [6.07, 6.45) is 5.95. The largest absolute Gasteiger partial charge is 0.451 e. The van der Waals surface area contributed by atoms with Crippen LogP contribution in [0.2, 0.25) is 0 Å². The molecular formula is C22H27FN2O4. The number of hydrogen-bond donors (Lipinski definition) is 2. The maximum atomic E-state index is 13.6. The standard InChI is InChI=1S/C22H27FN2O4/c1-13(29-19(26)12-24-21(28)17-4-2-3-5-18(17)23)20(27)25-22-9-14-6-15(10-22)8-16(7-14)11-22/h2-5,13-16H,6-12H2,1H3,(H,24,28)(H,25,27)/t13-,14?,15?,16?,22?/m1/s1. The van der Waals surface area contributed by atoms with Gasteiger partial charge in [0.05, 0.1) is 5.56 Å². The summed E-state index contributed by atoms with van der Waals surface area (Å²) in [5, 5.41) is 5.50. The van der Waals surface area contributed by atoms with Crippen LogP contribution in [0.3, 0.4) is 0 Å². The normalized spacial score (nSPS) is 30.5. The number of esters is 1. The number of halogens is 1. The van der Waals surface area contributed by atoms with Crippen LogP contribution < -0.4 is 10.6 Å². The van der Waals surface area contributed by atoms with Crippen LogP contribution in [0.4, 0.5) is 4.39 Å². The minimum absolute atomic E-state index is 0.145. The molecule has 2 amide bonds. The molecule has 0 heterocycles. The second-order valence-electron chi connectivity index (χ2n) is 8.98. The Kier molecular flexibility index (Phi) is 5.32. The third-order valence-corrected chi connectivity index (χ3v) is 6.62. The van der Waals surface area contributed by atoms with Gasteiger partial charge in [0.25, 0.3) is 11.8 Å². The first-order valence-electron chi connectivity index (χ1n) is 10.4. The highest BCUT2D eigenvalue weighted by Gasteiger charge is 2.51. The molecule has 5 rings (SSSR count). The molecule has 29 heavy (non-hydrogen) atoms. The number of carbonyl (C=O) groups excluding carboxylic acids is 3.